The summed E-state index contributed by atoms with van der Waals surface area (Å²) in [6.45, 7) is 0. The van der Waals surface area contributed by atoms with E-state index in [1.165, 1.54) is 21.3 Å². The van der Waals surface area contributed by atoms with Crippen molar-refractivity contribution in [3.8, 4) is 16.9 Å². The highest BCUT2D eigenvalue weighted by atomic mass is 16.5. The summed E-state index contributed by atoms with van der Waals surface area (Å²) in [5, 5.41) is 2.89. The molecule has 130 valence electrons. The fourth-order valence-electron chi connectivity index (χ4n) is 2.19. The van der Waals surface area contributed by atoms with E-state index >= 15 is 0 Å². The van der Waals surface area contributed by atoms with Crippen LogP contribution >= 0.6 is 0 Å². The molecule has 25 heavy (non-hydrogen) atoms. The van der Waals surface area contributed by atoms with Crippen LogP contribution in [-0.2, 0) is 19.1 Å². The molecule has 0 saturated heterocycles. The van der Waals surface area contributed by atoms with Gasteiger partial charge in [-0.2, -0.15) is 0 Å². The summed E-state index contributed by atoms with van der Waals surface area (Å²) in [5.41, 5.74) is 2.39. The molecule has 2 aromatic carbocycles. The van der Waals surface area contributed by atoms with E-state index in [1.54, 1.807) is 6.07 Å². The summed E-state index contributed by atoms with van der Waals surface area (Å²) < 4.78 is 14.6. The molecule has 0 saturated carbocycles. The van der Waals surface area contributed by atoms with Crippen molar-refractivity contribution in [2.45, 2.75) is 0 Å². The summed E-state index contributed by atoms with van der Waals surface area (Å²) in [6.07, 6.45) is 1.03. The van der Waals surface area contributed by atoms with Gasteiger partial charge >= 0.3 is 11.9 Å². The molecule has 0 aliphatic heterocycles. The van der Waals surface area contributed by atoms with Crippen LogP contribution in [0.25, 0.3) is 11.1 Å². The Balaban J connectivity index is 2.43. The van der Waals surface area contributed by atoms with Crippen LogP contribution in [0.15, 0.2) is 60.3 Å². The van der Waals surface area contributed by atoms with E-state index in [0.29, 0.717) is 11.4 Å². The third-order valence-corrected chi connectivity index (χ3v) is 3.44. The number of carbonyl (C=O) groups excluding carboxylic acids is 2. The van der Waals surface area contributed by atoms with Gasteiger partial charge in [-0.15, -0.1) is 0 Å². The van der Waals surface area contributed by atoms with Gasteiger partial charge in [0, 0.05) is 0 Å². The number of rotatable bonds is 6. The van der Waals surface area contributed by atoms with Gasteiger partial charge in [0.25, 0.3) is 0 Å². The molecule has 0 spiro atoms. The van der Waals surface area contributed by atoms with Crippen LogP contribution in [0, 0.1) is 0 Å². The van der Waals surface area contributed by atoms with Crippen molar-refractivity contribution in [3.63, 3.8) is 0 Å². The maximum Gasteiger partial charge on any atom is 0.354 e. The fourth-order valence-corrected chi connectivity index (χ4v) is 2.19. The first kappa shape index (κ1) is 18.1. The van der Waals surface area contributed by atoms with E-state index in [4.69, 9.17) is 9.47 Å². The Bertz CT molecular complexity index is 784. The first-order chi connectivity index (χ1) is 12.1. The molecule has 6 nitrogen and oxygen atoms in total. The second kappa shape index (κ2) is 8.54. The minimum atomic E-state index is -0.697. The first-order valence-electron chi connectivity index (χ1n) is 7.47. The van der Waals surface area contributed by atoms with E-state index < -0.39 is 11.9 Å². The van der Waals surface area contributed by atoms with Gasteiger partial charge in [0.05, 0.1) is 33.1 Å². The standard InChI is InChI=1S/C19H19NO5/c1-23-17-10-9-14(13-7-5-4-6-8-13)11-15(17)20-16(19(22)25-3)12-18(21)24-2/h4-12,20H,1-3H3/b16-12+. The Hall–Kier alpha value is -3.28. The van der Waals surface area contributed by atoms with E-state index in [-0.39, 0.29) is 5.70 Å². The van der Waals surface area contributed by atoms with Gasteiger partial charge in [0.15, 0.2) is 0 Å². The van der Waals surface area contributed by atoms with Crippen molar-refractivity contribution in [1.29, 1.82) is 0 Å². The summed E-state index contributed by atoms with van der Waals surface area (Å²) in [7, 11) is 3.97. The van der Waals surface area contributed by atoms with Crippen molar-refractivity contribution in [2.75, 3.05) is 26.6 Å². The number of carbonyl (C=O) groups is 2. The molecule has 0 fully saturated rings. The summed E-state index contributed by atoms with van der Waals surface area (Å²) in [4.78, 5) is 23.4. The lowest BCUT2D eigenvalue weighted by Gasteiger charge is -2.14. The Morgan fingerprint density at radius 2 is 1.64 bits per heavy atom. The van der Waals surface area contributed by atoms with Crippen molar-refractivity contribution >= 4 is 17.6 Å². The molecule has 1 N–H and O–H groups in total. The van der Waals surface area contributed by atoms with E-state index in [2.05, 4.69) is 10.1 Å². The second-order valence-corrected chi connectivity index (χ2v) is 4.98. The smallest absolute Gasteiger partial charge is 0.354 e. The molecular formula is C19H19NO5. The molecule has 6 heteroatoms. The molecular weight excluding hydrogens is 322 g/mol. The Kier molecular flexibility index (Phi) is 6.17. The van der Waals surface area contributed by atoms with Gasteiger partial charge in [-0.1, -0.05) is 36.4 Å². The van der Waals surface area contributed by atoms with Gasteiger partial charge in [-0.05, 0) is 23.3 Å². The lowest BCUT2D eigenvalue weighted by Crippen LogP contribution is -2.16. The van der Waals surface area contributed by atoms with Crippen LogP contribution in [-0.4, -0.2) is 33.3 Å². The SMILES string of the molecule is COC(=O)/C=C(/Nc1cc(-c2ccccc2)ccc1OC)C(=O)OC. The van der Waals surface area contributed by atoms with Crippen LogP contribution in [0.2, 0.25) is 0 Å². The zero-order chi connectivity index (χ0) is 18.2. The minimum absolute atomic E-state index is 0.0575. The van der Waals surface area contributed by atoms with Crippen molar-refractivity contribution in [1.82, 2.24) is 0 Å². The number of benzene rings is 2. The summed E-state index contributed by atoms with van der Waals surface area (Å²) in [5.74, 6) is -0.858. The zero-order valence-corrected chi connectivity index (χ0v) is 14.2. The zero-order valence-electron chi connectivity index (χ0n) is 14.2. The minimum Gasteiger partial charge on any atom is -0.495 e. The highest BCUT2D eigenvalue weighted by Gasteiger charge is 2.15. The summed E-state index contributed by atoms with van der Waals surface area (Å²) >= 11 is 0. The predicted octanol–water partition coefficient (Wildman–Crippen LogP) is 3.00. The van der Waals surface area contributed by atoms with Gasteiger partial charge in [-0.3, -0.25) is 0 Å². The van der Waals surface area contributed by atoms with Crippen LogP contribution in [0.1, 0.15) is 0 Å². The molecule has 0 bridgehead atoms. The molecule has 0 aliphatic rings. The lowest BCUT2D eigenvalue weighted by atomic mass is 10.0. The molecule has 0 aromatic heterocycles. The molecule has 0 amide bonds. The van der Waals surface area contributed by atoms with Crippen LogP contribution in [0.4, 0.5) is 5.69 Å². The average molecular weight is 341 g/mol. The highest BCUT2D eigenvalue weighted by molar-refractivity contribution is 5.99. The maximum absolute atomic E-state index is 11.9. The number of anilines is 1. The van der Waals surface area contributed by atoms with E-state index in [9.17, 15) is 9.59 Å². The maximum atomic E-state index is 11.9. The van der Waals surface area contributed by atoms with Gasteiger partial charge in [0.1, 0.15) is 11.4 Å². The van der Waals surface area contributed by atoms with Gasteiger partial charge in [0.2, 0.25) is 0 Å². The van der Waals surface area contributed by atoms with Crippen LogP contribution in [0.3, 0.4) is 0 Å². The van der Waals surface area contributed by atoms with Gasteiger partial charge in [-0.25, -0.2) is 9.59 Å². The van der Waals surface area contributed by atoms with Crippen LogP contribution < -0.4 is 10.1 Å². The fraction of sp³-hybridized carbons (Fsp3) is 0.158. The number of hydrogen-bond acceptors (Lipinski definition) is 6. The number of hydrogen-bond donors (Lipinski definition) is 1. The number of nitrogens with one attached hydrogen (secondary N) is 1. The number of esters is 2. The van der Waals surface area contributed by atoms with Crippen molar-refractivity contribution in [3.05, 3.63) is 60.3 Å². The normalized spacial score (nSPS) is 10.8. The van der Waals surface area contributed by atoms with Crippen molar-refractivity contribution in [2.24, 2.45) is 0 Å². The topological polar surface area (TPSA) is 73.9 Å². The third-order valence-electron chi connectivity index (χ3n) is 3.44. The lowest BCUT2D eigenvalue weighted by molar-refractivity contribution is -0.138. The molecule has 0 unspecified atom stereocenters. The molecule has 2 aromatic rings. The monoisotopic (exact) mass is 341 g/mol. The van der Waals surface area contributed by atoms with Crippen LogP contribution in [0.5, 0.6) is 5.75 Å². The molecule has 2 rings (SSSR count). The number of ether oxygens (including phenoxy) is 3. The highest BCUT2D eigenvalue weighted by Crippen LogP contribution is 2.31. The molecule has 0 heterocycles. The largest absolute Gasteiger partial charge is 0.495 e. The van der Waals surface area contributed by atoms with Crippen molar-refractivity contribution < 1.29 is 23.8 Å². The number of methoxy groups -OCH3 is 3. The predicted molar refractivity (Wildman–Crippen MR) is 94.2 cm³/mol. The third kappa shape index (κ3) is 4.60. The summed E-state index contributed by atoms with van der Waals surface area (Å²) in [6, 6.07) is 15.2. The molecule has 0 atom stereocenters. The Morgan fingerprint density at radius 1 is 0.920 bits per heavy atom. The second-order valence-electron chi connectivity index (χ2n) is 4.98. The Labute approximate surface area is 146 Å². The first-order valence-corrected chi connectivity index (χ1v) is 7.47. The quantitative estimate of drug-likeness (QED) is 0.643. The Morgan fingerprint density at radius 3 is 2.24 bits per heavy atom. The van der Waals surface area contributed by atoms with E-state index in [1.807, 2.05) is 42.5 Å². The van der Waals surface area contributed by atoms with Gasteiger partial charge < -0.3 is 19.5 Å². The average Bonchev–Trinajstić information content (AvgIpc) is 2.67. The molecule has 0 radical (unpaired) electrons. The molecule has 0 aliphatic carbocycles. The van der Waals surface area contributed by atoms with E-state index in [0.717, 1.165) is 17.2 Å².